The number of hydrogen-bond acceptors (Lipinski definition) is 11. The van der Waals surface area contributed by atoms with Crippen LogP contribution in [0.3, 0.4) is 0 Å². The fourth-order valence-electron chi connectivity index (χ4n) is 8.39. The molecule has 6 aromatic carbocycles. The molecule has 0 amide bonds. The summed E-state index contributed by atoms with van der Waals surface area (Å²) in [4.78, 5) is 17.6. The molecule has 0 unspecified atom stereocenters. The van der Waals surface area contributed by atoms with Gasteiger partial charge in [0.1, 0.15) is 11.2 Å². The number of furan rings is 2. The Labute approximate surface area is 568 Å². The van der Waals surface area contributed by atoms with E-state index in [-0.39, 0.29) is 58.8 Å². The van der Waals surface area contributed by atoms with Crippen molar-refractivity contribution in [3.05, 3.63) is 230 Å². The van der Waals surface area contributed by atoms with Gasteiger partial charge >= 0.3 is 0 Å². The van der Waals surface area contributed by atoms with E-state index in [1.54, 1.807) is 36.4 Å². The Morgan fingerprint density at radius 3 is 1.28 bits per heavy atom. The summed E-state index contributed by atoms with van der Waals surface area (Å²) in [5.74, 6) is 0. The van der Waals surface area contributed by atoms with E-state index in [9.17, 15) is 0 Å². The van der Waals surface area contributed by atoms with E-state index in [4.69, 9.17) is 40.2 Å². The van der Waals surface area contributed by atoms with Gasteiger partial charge in [0.05, 0.1) is 36.3 Å². The average molecular weight is 1590 g/mol. The van der Waals surface area contributed by atoms with Gasteiger partial charge in [0.2, 0.25) is 0 Å². The van der Waals surface area contributed by atoms with Crippen LogP contribution in [-0.2, 0) is 50.3 Å². The molecule has 0 saturated heterocycles. The van der Waals surface area contributed by atoms with E-state index in [1.807, 2.05) is 91.3 Å². The van der Waals surface area contributed by atoms with Crippen molar-refractivity contribution in [2.45, 2.75) is 60.4 Å². The van der Waals surface area contributed by atoms with Gasteiger partial charge in [-0.05, 0) is 65.7 Å². The minimum atomic E-state index is -3.92. The number of terminal acetylenes is 1. The van der Waals surface area contributed by atoms with Crippen molar-refractivity contribution in [1.29, 1.82) is 0 Å². The van der Waals surface area contributed by atoms with Crippen molar-refractivity contribution in [2.75, 3.05) is 20.5 Å². The summed E-state index contributed by atoms with van der Waals surface area (Å²) in [5.41, 5.74) is 11.6. The van der Waals surface area contributed by atoms with E-state index >= 15 is 0 Å². The van der Waals surface area contributed by atoms with E-state index in [1.165, 1.54) is 28.3 Å². The number of nitrogens with zero attached hydrogens (tertiary/aromatic N) is 4. The summed E-state index contributed by atoms with van der Waals surface area (Å²) >= 11 is 0. The number of aliphatic hydroxyl groups excluding tert-OH is 2. The molecule has 6 heterocycles. The zero-order valence-electron chi connectivity index (χ0n) is 56.2. The largest absolute Gasteiger partial charge is 0.748 e. The molecule has 2 N–H and O–H groups in total. The average Bonchev–Trinajstić information content (AvgIpc) is 1.68. The maximum absolute atomic E-state index is 9.08. The number of benzene rings is 6. The SMILES string of the molecule is C.C#C.CO.CO.CS(=O)(=O)[O-].C[Si](C)(C)c1ccc[c-]c1-c1cc2c(cn1)oc1ccccc12.C[Si](C)(C)c1ccccc1-c1cc2c(cn1)oc1ccccc12.[2H]C([2H])([2H])c1ccc(-c2[c-]cccc2)nc1.[2H]C([2H])([2H])c1ccc(-c2[c-]cccc2)nc1.[B][B][B].[Ir].[Ir]. The molecule has 89 heavy (non-hydrogen) atoms. The predicted octanol–water partition coefficient (Wildman–Crippen LogP) is 14.0. The molecule has 0 fully saturated rings. The second-order valence-electron chi connectivity index (χ2n) is 20.1. The number of fused-ring (bicyclic) bond motifs is 6. The molecular formula is C70H74B3Ir2N4O7SSi2-4. The Morgan fingerprint density at radius 2 is 0.876 bits per heavy atom. The van der Waals surface area contributed by atoms with E-state index in [0.717, 1.165) is 105 Å². The number of hydrogen-bond donors (Lipinski definition) is 2. The first-order chi connectivity index (χ1) is 43.6. The predicted molar refractivity (Wildman–Crippen MR) is 371 cm³/mol. The van der Waals surface area contributed by atoms with Crippen LogP contribution in [0.15, 0.2) is 210 Å². The number of aromatic nitrogens is 4. The van der Waals surface area contributed by atoms with Crippen LogP contribution in [0.4, 0.5) is 0 Å². The zero-order valence-corrected chi connectivity index (χ0v) is 57.8. The van der Waals surface area contributed by atoms with Crippen molar-refractivity contribution < 1.29 is 80.5 Å². The molecule has 6 aromatic heterocycles. The molecule has 0 atom stereocenters. The Kier molecular flexibility index (Phi) is 31.0. The van der Waals surface area contributed by atoms with Crippen molar-refractivity contribution in [1.82, 2.24) is 19.9 Å². The van der Waals surface area contributed by atoms with Gasteiger partial charge in [0.25, 0.3) is 0 Å². The fraction of sp³-hybridized carbons (Fsp3) is 0.171. The van der Waals surface area contributed by atoms with Crippen molar-refractivity contribution in [2.24, 2.45) is 0 Å². The van der Waals surface area contributed by atoms with Crippen molar-refractivity contribution in [3.63, 3.8) is 0 Å². The standard InChI is InChI=1S/C20H19NOSi.C20H18NOSi.2C12H10N.C2H2.CH4O3S.2CH4O.CH4.B3.2Ir/c2*1-23(2,3)20-11-7-5-9-15(20)17-12-16-14-8-4-6-10-18(14)22-19(16)13-21-17;2*1-10-7-8-12(13-9-10)11-5-3-2-4-6-11;1-2;1-5(2,3)4;2*1-2;;1-3-2;;/h4-13H,1-3H3;4-8,10-13H,1-3H3;2*2-5,7-9H,1H3;1-2H;1H3,(H,2,3,4);2*2H,1H3;1H4;;;/q;3*-1;;;;;;;;/p-1/i;;2*1D3;;;;;;;;. The summed E-state index contributed by atoms with van der Waals surface area (Å²) in [5, 5.41) is 21.4. The fourth-order valence-corrected chi connectivity index (χ4v) is 11.6. The summed E-state index contributed by atoms with van der Waals surface area (Å²) in [6.45, 7) is 9.99. The second kappa shape index (κ2) is 39.8. The minimum Gasteiger partial charge on any atom is -0.748 e. The molecule has 0 aliphatic rings. The van der Waals surface area contributed by atoms with Gasteiger partial charge in [0.15, 0.2) is 11.2 Å². The van der Waals surface area contributed by atoms with Gasteiger partial charge in [-0.2, -0.15) is 0 Å². The van der Waals surface area contributed by atoms with Crippen LogP contribution < -0.4 is 10.4 Å². The first-order valence-electron chi connectivity index (χ1n) is 29.6. The molecule has 0 spiro atoms. The Balaban J connectivity index is 0.000000594. The van der Waals surface area contributed by atoms with Gasteiger partial charge in [-0.25, -0.2) is 8.42 Å². The van der Waals surface area contributed by atoms with E-state index in [0.29, 0.717) is 6.26 Å². The quantitative estimate of drug-likeness (QED) is 0.0701. The van der Waals surface area contributed by atoms with Crippen LogP contribution in [-0.4, -0.2) is 102 Å². The smallest absolute Gasteiger partial charge is 0.153 e. The maximum atomic E-state index is 9.08. The third-order valence-corrected chi connectivity index (χ3v) is 16.0. The van der Waals surface area contributed by atoms with Gasteiger partial charge in [-0.15, -0.1) is 120 Å². The Bertz CT molecular complexity index is 4090. The molecular weight excluding hydrogens is 1510 g/mol. The number of rotatable bonds is 6. The second-order valence-corrected chi connectivity index (χ2v) is 31.6. The van der Waals surface area contributed by atoms with Crippen molar-refractivity contribution >= 4 is 103 Å². The normalized spacial score (nSPS) is 11.4. The summed E-state index contributed by atoms with van der Waals surface area (Å²) < 4.78 is 82.4. The van der Waals surface area contributed by atoms with Crippen LogP contribution in [0.2, 0.25) is 39.3 Å². The van der Waals surface area contributed by atoms with Gasteiger partial charge in [-0.3, -0.25) is 4.98 Å². The van der Waals surface area contributed by atoms with Crippen LogP contribution in [0.5, 0.6) is 0 Å². The van der Waals surface area contributed by atoms with Crippen LogP contribution >= 0.6 is 0 Å². The molecule has 0 bridgehead atoms. The minimum absolute atomic E-state index is 0. The molecule has 11 nitrogen and oxygen atoms in total. The molecule has 461 valence electrons. The van der Waals surface area contributed by atoms with E-state index in [2.05, 4.69) is 166 Å². The first-order valence-corrected chi connectivity index (χ1v) is 35.4. The third kappa shape index (κ3) is 24.6. The van der Waals surface area contributed by atoms with E-state index < -0.39 is 40.0 Å². The zero-order chi connectivity index (χ0) is 68.5. The Morgan fingerprint density at radius 1 is 0.506 bits per heavy atom. The van der Waals surface area contributed by atoms with Crippen molar-refractivity contribution in [3.8, 4) is 57.9 Å². The van der Waals surface area contributed by atoms with Gasteiger partial charge < -0.3 is 38.6 Å². The number of aryl methyl sites for hydroxylation is 2. The third-order valence-electron chi connectivity index (χ3n) is 12.0. The summed E-state index contributed by atoms with van der Waals surface area (Å²) in [6, 6.07) is 66.5. The molecule has 0 aliphatic heterocycles. The number of para-hydroxylation sites is 2. The Hall–Kier alpha value is -7.16. The van der Waals surface area contributed by atoms with Crippen LogP contribution in [0.25, 0.3) is 88.9 Å². The van der Waals surface area contributed by atoms with Crippen LogP contribution in [0.1, 0.15) is 26.8 Å². The maximum Gasteiger partial charge on any atom is 0.153 e. The molecule has 7 radical (unpaired) electrons. The topological polar surface area (TPSA) is 175 Å². The van der Waals surface area contributed by atoms with Crippen LogP contribution in [0, 0.1) is 44.7 Å². The monoisotopic (exact) mass is 1600 g/mol. The van der Waals surface area contributed by atoms with Gasteiger partial charge in [-0.1, -0.05) is 143 Å². The molecule has 19 heteroatoms. The molecule has 12 rings (SSSR count). The number of pyridine rings is 4. The summed E-state index contributed by atoms with van der Waals surface area (Å²) in [6.07, 6.45) is 15.1. The summed E-state index contributed by atoms with van der Waals surface area (Å²) in [7, 11) is 5.19. The molecule has 0 aliphatic carbocycles. The molecule has 12 aromatic rings. The first kappa shape index (κ1) is 69.3. The molecule has 0 saturated carbocycles. The number of aliphatic hydroxyl groups is 2. The van der Waals surface area contributed by atoms with Gasteiger partial charge in [0, 0.05) is 133 Å².